The van der Waals surface area contributed by atoms with Gasteiger partial charge in [0.15, 0.2) is 0 Å². The fraction of sp³-hybridized carbons (Fsp3) is 0. The summed E-state index contributed by atoms with van der Waals surface area (Å²) in [6.07, 6.45) is 1.43. The number of hydrogen-bond donors (Lipinski definition) is 2. The van der Waals surface area contributed by atoms with Gasteiger partial charge in [0.2, 0.25) is 0 Å². The summed E-state index contributed by atoms with van der Waals surface area (Å²) in [5.41, 5.74) is 3.54. The molecule has 0 aliphatic heterocycles. The van der Waals surface area contributed by atoms with E-state index in [2.05, 4.69) is 10.5 Å². The molecule has 0 unspecified atom stereocenters. The second-order valence-corrected chi connectivity index (χ2v) is 7.22. The lowest BCUT2D eigenvalue weighted by molar-refractivity contribution is 0.0734. The van der Waals surface area contributed by atoms with Gasteiger partial charge in [-0.1, -0.05) is 54.1 Å². The molecule has 4 aromatic carbocycles. The molecule has 0 aromatic heterocycles. The highest BCUT2D eigenvalue weighted by atomic mass is 35.5. The molecule has 0 saturated carbocycles. The Morgan fingerprint density at radius 2 is 1.62 bits per heavy atom. The van der Waals surface area contributed by atoms with Gasteiger partial charge in [-0.25, -0.2) is 10.2 Å². The zero-order chi connectivity index (χ0) is 22.5. The lowest BCUT2D eigenvalue weighted by Gasteiger charge is -2.11. The zero-order valence-corrected chi connectivity index (χ0v) is 17.4. The maximum atomic E-state index is 12.7. The fourth-order valence-electron chi connectivity index (χ4n) is 3.11. The van der Waals surface area contributed by atoms with E-state index in [1.54, 1.807) is 30.3 Å². The van der Waals surface area contributed by atoms with E-state index >= 15 is 0 Å². The number of hydrazone groups is 1. The normalized spacial score (nSPS) is 10.9. The first-order valence-corrected chi connectivity index (χ1v) is 10.0. The van der Waals surface area contributed by atoms with Crippen molar-refractivity contribution in [2.24, 2.45) is 5.10 Å². The van der Waals surface area contributed by atoms with Crippen LogP contribution >= 0.6 is 11.6 Å². The maximum absolute atomic E-state index is 12.7. The van der Waals surface area contributed by atoms with Gasteiger partial charge in [0.25, 0.3) is 5.91 Å². The number of phenols is 1. The molecule has 0 bridgehead atoms. The predicted octanol–water partition coefficient (Wildman–Crippen LogP) is 5.18. The van der Waals surface area contributed by atoms with Crippen LogP contribution in [0.15, 0.2) is 90.0 Å². The molecule has 0 aliphatic rings. The number of phenolic OH excluding ortho intramolecular Hbond substituents is 1. The Balaban J connectivity index is 1.63. The van der Waals surface area contributed by atoms with Crippen LogP contribution in [-0.2, 0) is 0 Å². The number of carbonyl (C=O) groups excluding carboxylic acids is 2. The lowest BCUT2D eigenvalue weighted by Crippen LogP contribution is -2.17. The Kier molecular flexibility index (Phi) is 6.14. The van der Waals surface area contributed by atoms with Crippen molar-refractivity contribution < 1.29 is 19.4 Å². The van der Waals surface area contributed by atoms with Gasteiger partial charge in [-0.15, -0.1) is 0 Å². The number of benzene rings is 4. The molecule has 0 aliphatic carbocycles. The smallest absolute Gasteiger partial charge is 0.345 e. The van der Waals surface area contributed by atoms with E-state index in [1.807, 2.05) is 30.3 Å². The molecule has 6 nitrogen and oxygen atoms in total. The first kappa shape index (κ1) is 21.1. The first-order valence-electron chi connectivity index (χ1n) is 9.64. The van der Waals surface area contributed by atoms with Crippen molar-refractivity contribution in [1.29, 1.82) is 0 Å². The number of fused-ring (bicyclic) bond motifs is 1. The topological polar surface area (TPSA) is 88.0 Å². The van der Waals surface area contributed by atoms with Crippen molar-refractivity contribution in [1.82, 2.24) is 5.43 Å². The molecule has 0 fully saturated rings. The number of rotatable bonds is 5. The SMILES string of the molecule is O=C(NN=Cc1c(OC(=O)c2ccccc2Cl)ccc2ccccc12)c1ccc(O)cc1. The Morgan fingerprint density at radius 1 is 0.906 bits per heavy atom. The number of esters is 1. The zero-order valence-electron chi connectivity index (χ0n) is 16.7. The summed E-state index contributed by atoms with van der Waals surface area (Å²) in [6, 6.07) is 23.4. The molecule has 4 aromatic rings. The van der Waals surface area contributed by atoms with Crippen molar-refractivity contribution in [3.05, 3.63) is 107 Å². The van der Waals surface area contributed by atoms with Crippen LogP contribution < -0.4 is 10.2 Å². The summed E-state index contributed by atoms with van der Waals surface area (Å²) < 4.78 is 5.62. The second kappa shape index (κ2) is 9.32. The van der Waals surface area contributed by atoms with Crippen molar-refractivity contribution in [2.45, 2.75) is 0 Å². The van der Waals surface area contributed by atoms with Crippen molar-refractivity contribution in [3.63, 3.8) is 0 Å². The van der Waals surface area contributed by atoms with Gasteiger partial charge in [0.05, 0.1) is 16.8 Å². The van der Waals surface area contributed by atoms with Crippen molar-refractivity contribution in [3.8, 4) is 11.5 Å². The largest absolute Gasteiger partial charge is 0.508 e. The molecule has 0 saturated heterocycles. The van der Waals surface area contributed by atoms with Crippen molar-refractivity contribution >= 4 is 40.5 Å². The van der Waals surface area contributed by atoms with Crippen LogP contribution in [-0.4, -0.2) is 23.2 Å². The maximum Gasteiger partial charge on any atom is 0.345 e. The monoisotopic (exact) mass is 444 g/mol. The van der Waals surface area contributed by atoms with E-state index in [-0.39, 0.29) is 22.1 Å². The second-order valence-electron chi connectivity index (χ2n) is 6.81. The van der Waals surface area contributed by atoms with Crippen LogP contribution in [0.5, 0.6) is 11.5 Å². The quantitative estimate of drug-likeness (QED) is 0.192. The molecule has 0 radical (unpaired) electrons. The number of carbonyl (C=O) groups is 2. The highest BCUT2D eigenvalue weighted by Crippen LogP contribution is 2.28. The third-order valence-corrected chi connectivity index (χ3v) is 5.05. The first-order chi connectivity index (χ1) is 15.5. The molecule has 4 rings (SSSR count). The van der Waals surface area contributed by atoms with Crippen LogP contribution in [0.25, 0.3) is 10.8 Å². The number of nitrogens with zero attached hydrogens (tertiary/aromatic N) is 1. The number of ether oxygens (including phenoxy) is 1. The Bertz CT molecular complexity index is 1330. The van der Waals surface area contributed by atoms with Gasteiger partial charge in [0, 0.05) is 11.1 Å². The third-order valence-electron chi connectivity index (χ3n) is 4.72. The molecular weight excluding hydrogens is 428 g/mol. The molecule has 0 atom stereocenters. The Labute approximate surface area is 188 Å². The van der Waals surface area contributed by atoms with E-state index in [9.17, 15) is 14.7 Å². The molecule has 158 valence electrons. The van der Waals surface area contributed by atoms with Gasteiger partial charge in [0.1, 0.15) is 11.5 Å². The number of aromatic hydroxyl groups is 1. The lowest BCUT2D eigenvalue weighted by atomic mass is 10.0. The standard InChI is InChI=1S/C25H17ClN2O4/c26-22-8-4-3-7-20(22)25(31)32-23-14-11-16-5-1-2-6-19(16)21(23)15-27-28-24(30)17-9-12-18(29)13-10-17/h1-15,29H,(H,28,30). The molecule has 0 spiro atoms. The van der Waals surface area contributed by atoms with Crippen LogP contribution in [0.1, 0.15) is 26.3 Å². The summed E-state index contributed by atoms with van der Waals surface area (Å²) >= 11 is 6.12. The number of nitrogens with one attached hydrogen (secondary N) is 1. The molecule has 2 N–H and O–H groups in total. The Morgan fingerprint density at radius 3 is 2.41 bits per heavy atom. The molecule has 0 heterocycles. The summed E-state index contributed by atoms with van der Waals surface area (Å²) in [5, 5.41) is 15.4. The number of halogens is 1. The van der Waals surface area contributed by atoms with E-state index in [1.165, 1.54) is 30.5 Å². The summed E-state index contributed by atoms with van der Waals surface area (Å²) in [6.45, 7) is 0. The van der Waals surface area contributed by atoms with Gasteiger partial charge >= 0.3 is 5.97 Å². The number of hydrogen-bond acceptors (Lipinski definition) is 5. The minimum absolute atomic E-state index is 0.0609. The van der Waals surface area contributed by atoms with Crippen LogP contribution in [0.2, 0.25) is 5.02 Å². The van der Waals surface area contributed by atoms with E-state index < -0.39 is 11.9 Å². The third kappa shape index (κ3) is 4.61. The van der Waals surface area contributed by atoms with E-state index in [4.69, 9.17) is 16.3 Å². The van der Waals surface area contributed by atoms with Gasteiger partial charge < -0.3 is 9.84 Å². The molecule has 1 amide bonds. The van der Waals surface area contributed by atoms with Crippen LogP contribution in [0, 0.1) is 0 Å². The fourth-order valence-corrected chi connectivity index (χ4v) is 3.33. The molecular formula is C25H17ClN2O4. The van der Waals surface area contributed by atoms with Crippen LogP contribution in [0.4, 0.5) is 0 Å². The minimum Gasteiger partial charge on any atom is -0.508 e. The van der Waals surface area contributed by atoms with Gasteiger partial charge in [-0.2, -0.15) is 5.10 Å². The van der Waals surface area contributed by atoms with Gasteiger partial charge in [-0.05, 0) is 53.2 Å². The Hall–Kier alpha value is -4.16. The van der Waals surface area contributed by atoms with E-state index in [0.29, 0.717) is 11.1 Å². The highest BCUT2D eigenvalue weighted by molar-refractivity contribution is 6.33. The number of amides is 1. The van der Waals surface area contributed by atoms with Crippen molar-refractivity contribution in [2.75, 3.05) is 0 Å². The predicted molar refractivity (Wildman–Crippen MR) is 124 cm³/mol. The van der Waals surface area contributed by atoms with Gasteiger partial charge in [-0.3, -0.25) is 4.79 Å². The minimum atomic E-state index is -0.603. The van der Waals surface area contributed by atoms with E-state index in [0.717, 1.165) is 10.8 Å². The average Bonchev–Trinajstić information content (AvgIpc) is 2.80. The molecule has 7 heteroatoms. The molecule has 32 heavy (non-hydrogen) atoms. The summed E-state index contributed by atoms with van der Waals surface area (Å²) in [7, 11) is 0. The highest BCUT2D eigenvalue weighted by Gasteiger charge is 2.16. The van der Waals surface area contributed by atoms with Crippen LogP contribution in [0.3, 0.4) is 0 Å². The average molecular weight is 445 g/mol. The summed E-state index contributed by atoms with van der Waals surface area (Å²) in [5.74, 6) is -0.716. The summed E-state index contributed by atoms with van der Waals surface area (Å²) in [4.78, 5) is 25.0.